The summed E-state index contributed by atoms with van der Waals surface area (Å²) in [4.78, 5) is 95.3. The molecule has 0 fully saturated rings. The van der Waals surface area contributed by atoms with Gasteiger partial charge < -0.3 is 124 Å². The van der Waals surface area contributed by atoms with Gasteiger partial charge in [-0.25, -0.2) is 56.7 Å². The fourth-order valence-corrected chi connectivity index (χ4v) is 9.03. The Bertz CT molecular complexity index is 5020. The van der Waals surface area contributed by atoms with Crippen LogP contribution in [0.25, 0.3) is 32.7 Å². The summed E-state index contributed by atoms with van der Waals surface area (Å²) in [6.07, 6.45) is 0.500. The number of methoxy groups -OCH3 is 12. The van der Waals surface area contributed by atoms with Gasteiger partial charge in [0.25, 0.3) is 23.3 Å². The zero-order chi connectivity index (χ0) is 83.6. The molecule has 0 radical (unpaired) electrons. The van der Waals surface area contributed by atoms with Gasteiger partial charge in [-0.2, -0.15) is 4.39 Å². The molecule has 9 aromatic rings. The van der Waals surface area contributed by atoms with E-state index < -0.39 is 103 Å². The largest absolute Gasteiger partial charge is 1.00 e. The summed E-state index contributed by atoms with van der Waals surface area (Å²) in [5, 5.41) is 24.9. The van der Waals surface area contributed by atoms with Crippen molar-refractivity contribution in [2.24, 2.45) is 22.9 Å². The zero-order valence-corrected chi connectivity index (χ0v) is 70.7. The van der Waals surface area contributed by atoms with E-state index in [1.54, 1.807) is 0 Å². The first-order valence-corrected chi connectivity index (χ1v) is 33.5. The van der Waals surface area contributed by atoms with E-state index in [0.29, 0.717) is 17.0 Å². The molecule has 9 rings (SSSR count). The number of benzene rings is 6. The Kier molecular flexibility index (Phi) is 51.7. The molecular weight excluding hydrogens is 1730 g/mol. The van der Waals surface area contributed by atoms with Crippen molar-refractivity contribution in [1.29, 1.82) is 5.26 Å². The maximum absolute atomic E-state index is 14.1. The molecule has 0 bridgehead atoms. The number of ether oxygens (including phenoxy) is 12. The number of hydrogen-bond donors (Lipinski definition) is 10. The minimum atomic E-state index is -3.22. The zero-order valence-electron chi connectivity index (χ0n) is 61.2. The monoisotopic (exact) mass is 1800 g/mol. The van der Waals surface area contributed by atoms with Crippen LogP contribution in [0.1, 0.15) is 38.5 Å². The molecule has 0 saturated carbocycles. The Balaban J connectivity index is -0.000000409. The fraction of sp³-hybridized carbons (Fsp3) is 0.217. The summed E-state index contributed by atoms with van der Waals surface area (Å²) in [5.74, 6) is -8.92. The molecule has 622 valence electrons. The standard InChI is InChI=1S/C10H7Cl2FN2O2.C10H9ClFN3O2.C10H12FN3O4.C10H9FN2O4.C9H9FN2O5.C9H11FN2O3.CHNO.CH4.Cl3OP.H3N.2Na.2H2O/c1-16-5-3-4-7(6(13)8(5)17-2)14-10(12)15-9(4)11;1-16-5-3-4-7(6(12)8(5)17-2)14-10(11)15-9(4)13;1-17-5-3-4(9(12)15)7(14-10(13)16)6(11)8(5)18-2;1-16-5-3-4-7(6(11)8(5)17-2)12-10(15)13-9(4)14;1-16-5-3-4(9(11)13)7(12(14)15)6(10)8(5)17-2;1-14-5-3-4(9(12)13)7(11)6(10)8(5)15-2;2-1-3;;1-5(2,3)4;;;;;/h3H,1-2H3;3H,1-2H3,(H2,13,14,15);3H,1-2H3,(H2,12,15)(H3,13,14,16);3H,1-2H3,(H2,12,13,14,15);3H,1-2H3,(H2,11,13);3H,11H2,1-2H3,(H2,12,13);3H;1H4;;1H3;;;2*1H2/q;;;;;;;;;;2*+1;;/p-2. The molecule has 0 aliphatic heterocycles. The number of primary amides is 4. The molecule has 3 aromatic heterocycles. The molecule has 0 saturated heterocycles. The summed E-state index contributed by atoms with van der Waals surface area (Å²) in [7, 11) is 15.4. The van der Waals surface area contributed by atoms with Crippen LogP contribution >= 0.6 is 73.7 Å². The number of nitrogens with zero attached hydrogens (tertiary/aromatic N) is 6. The van der Waals surface area contributed by atoms with Gasteiger partial charge in [-0.15, -0.1) is 0 Å². The average Bonchev–Trinajstić information content (AvgIpc) is 0.792. The van der Waals surface area contributed by atoms with Crippen LogP contribution in [-0.2, 0) is 4.57 Å². The van der Waals surface area contributed by atoms with Gasteiger partial charge in [-0.05, 0) is 87.3 Å². The van der Waals surface area contributed by atoms with Gasteiger partial charge in [0.1, 0.15) is 27.6 Å². The summed E-state index contributed by atoms with van der Waals surface area (Å²) >= 11 is 31.0. The number of aromatic nitrogens is 6. The second-order valence-corrected chi connectivity index (χ2v) is 26.6. The predicted molar refractivity (Wildman–Crippen MR) is 399 cm³/mol. The number of carbonyl (C=O) groups excluding carboxylic acids is 4. The number of H-pyrrole nitrogens is 2. The number of fused-ring (bicyclic) bond motifs is 3. The van der Waals surface area contributed by atoms with Crippen LogP contribution in [0.3, 0.4) is 0 Å². The van der Waals surface area contributed by atoms with Gasteiger partial charge in [-0.3, -0.25) is 38.8 Å². The van der Waals surface area contributed by atoms with E-state index in [1.807, 2.05) is 10.3 Å². The van der Waals surface area contributed by atoms with Crippen molar-refractivity contribution < 1.29 is 187 Å². The SMILES string of the molecule is C.COc1cc(C(N)=O)c(N)c(F)c1OC.COc1cc(C(N)=O)c(NC(N)=O)c(F)c1OC.COc1cc(C(N)=O)c([N+](=O)[O-])c(F)c1OC.COc1cc2c(=O)[nH]c(=O)[nH]c2c(F)c1OC.COc1cc2c(Cl)nc(Cl)nc2c(F)c1OC.COc1cc2c(N)nc(Cl)nc2c(F)c1OC.N.N#C[O-].O.O=P(Cl)(Cl)Cl.[Na+].[Na+].[OH-]. The van der Waals surface area contributed by atoms with Crippen molar-refractivity contribution >= 4 is 153 Å². The minimum Gasteiger partial charge on any atom is -0.870 e. The average molecular weight is 1800 g/mol. The number of nitro benzene ring substituents is 1. The van der Waals surface area contributed by atoms with E-state index in [9.17, 15) is 69.8 Å². The van der Waals surface area contributed by atoms with Crippen LogP contribution in [0.2, 0.25) is 15.7 Å². The van der Waals surface area contributed by atoms with Gasteiger partial charge in [0, 0.05) is 23.1 Å². The number of nitrogen functional groups attached to an aromatic ring is 2. The minimum absolute atomic E-state index is 0. The maximum Gasteiger partial charge on any atom is 1.00 e. The van der Waals surface area contributed by atoms with Gasteiger partial charge in [0.2, 0.25) is 22.1 Å². The van der Waals surface area contributed by atoms with Crippen LogP contribution in [0.15, 0.2) is 46.0 Å². The molecule has 21 N–H and O–H groups in total. The van der Waals surface area contributed by atoms with Crippen molar-refractivity contribution in [3.63, 3.8) is 0 Å². The number of amides is 5. The molecule has 0 atom stereocenters. The van der Waals surface area contributed by atoms with Gasteiger partial charge in [0.05, 0.1) is 124 Å². The molecule has 0 unspecified atom stereocenters. The molecule has 0 spiro atoms. The summed E-state index contributed by atoms with van der Waals surface area (Å²) in [6.45, 7) is 0. The number of rotatable bonds is 17. The first kappa shape index (κ1) is 114. The van der Waals surface area contributed by atoms with E-state index in [2.05, 4.69) is 63.4 Å². The predicted octanol–water partition coefficient (Wildman–Crippen LogP) is 2.74. The number of anilines is 3. The first-order valence-electron chi connectivity index (χ1n) is 28.0. The number of nitriles is 1. The van der Waals surface area contributed by atoms with E-state index >= 15 is 0 Å². The number of urea groups is 1. The van der Waals surface area contributed by atoms with E-state index in [-0.39, 0.29) is 207 Å². The molecule has 40 nitrogen and oxygen atoms in total. The Hall–Kier alpha value is -10.1. The Morgan fingerprint density at radius 3 is 1.20 bits per heavy atom. The molecular formula is C60H67Cl6F6N16Na2O24P. The van der Waals surface area contributed by atoms with Gasteiger partial charge in [-0.1, -0.05) is 19.0 Å². The summed E-state index contributed by atoms with van der Waals surface area (Å²) in [6, 6.07) is 6.60. The molecule has 3 heterocycles. The number of nitrogens with two attached hydrogens (primary N) is 6. The second-order valence-electron chi connectivity index (χ2n) is 18.9. The Morgan fingerprint density at radius 1 is 0.522 bits per heavy atom. The number of carbonyl (C=O) groups is 4. The normalized spacial score (nSPS) is 9.52. The molecule has 5 amide bonds. The number of nitro groups is 1. The van der Waals surface area contributed by atoms with Crippen molar-refractivity contribution in [1.82, 2.24) is 36.1 Å². The number of halogens is 12. The summed E-state index contributed by atoms with van der Waals surface area (Å²) < 4.78 is 151. The van der Waals surface area contributed by atoms with Crippen LogP contribution in [0.4, 0.5) is 54.0 Å². The number of nitrogens with one attached hydrogen (secondary N) is 3. The van der Waals surface area contributed by atoms with E-state index in [0.717, 1.165) is 19.2 Å². The Labute approximate surface area is 718 Å². The van der Waals surface area contributed by atoms with Gasteiger partial charge >= 0.3 is 81.7 Å². The van der Waals surface area contributed by atoms with Crippen LogP contribution < -0.4 is 178 Å². The molecule has 55 heteroatoms. The maximum atomic E-state index is 14.1. The quantitative estimate of drug-likeness (QED) is 0.00721. The molecule has 0 aliphatic carbocycles. The van der Waals surface area contributed by atoms with Crippen molar-refractivity contribution in [2.75, 3.05) is 102 Å². The third-order valence-electron chi connectivity index (χ3n) is 12.9. The first-order chi connectivity index (χ1) is 51.0. The van der Waals surface area contributed by atoms with Crippen molar-refractivity contribution in [3.05, 3.63) is 135 Å². The van der Waals surface area contributed by atoms with E-state index in [4.69, 9.17) is 132 Å². The Morgan fingerprint density at radius 2 is 0.835 bits per heavy atom. The number of aromatic amines is 2. The van der Waals surface area contributed by atoms with Crippen molar-refractivity contribution in [3.8, 4) is 75.2 Å². The molecule has 6 aromatic carbocycles. The number of hydrogen-bond acceptors (Lipinski definition) is 31. The van der Waals surface area contributed by atoms with Crippen LogP contribution in [-0.4, -0.2) is 155 Å². The van der Waals surface area contributed by atoms with Crippen LogP contribution in [0, 0.1) is 56.5 Å². The molecule has 115 heavy (non-hydrogen) atoms. The van der Waals surface area contributed by atoms with Gasteiger partial charge in [0.15, 0.2) is 92.3 Å². The van der Waals surface area contributed by atoms with Crippen molar-refractivity contribution in [2.45, 2.75) is 7.43 Å². The smallest absolute Gasteiger partial charge is 0.870 e. The fourth-order valence-electron chi connectivity index (χ4n) is 8.42. The van der Waals surface area contributed by atoms with E-state index in [1.165, 1.54) is 102 Å². The topological polar surface area (TPSA) is 668 Å². The third kappa shape index (κ3) is 29.9. The second kappa shape index (κ2) is 52.4. The third-order valence-corrected chi connectivity index (χ3v) is 13.5. The molecule has 0 aliphatic rings. The van der Waals surface area contributed by atoms with Crippen LogP contribution in [0.5, 0.6) is 69.0 Å². The summed E-state index contributed by atoms with van der Waals surface area (Å²) in [5.41, 5.74) is 26.4.